The van der Waals surface area contributed by atoms with Gasteiger partial charge < -0.3 is 19.5 Å². The molecular formula is C18H27NO5. The molecule has 134 valence electrons. The number of para-hydroxylation sites is 1. The Hall–Kier alpha value is -2.24. The summed E-state index contributed by atoms with van der Waals surface area (Å²) in [7, 11) is 0. The maximum absolute atomic E-state index is 12.1. The molecule has 1 rings (SSSR count). The second-order valence-corrected chi connectivity index (χ2v) is 6.65. The second kappa shape index (κ2) is 8.57. The predicted octanol–water partition coefficient (Wildman–Crippen LogP) is 3.30. The zero-order valence-corrected chi connectivity index (χ0v) is 15.2. The van der Waals surface area contributed by atoms with Crippen LogP contribution in [0.4, 0.5) is 4.79 Å². The number of alkyl carbamates (subject to hydrolysis) is 1. The van der Waals surface area contributed by atoms with Gasteiger partial charge in [0.1, 0.15) is 29.6 Å². The first-order valence-electron chi connectivity index (χ1n) is 8.00. The maximum atomic E-state index is 12.1. The largest absolute Gasteiger partial charge is 0.487 e. The Morgan fingerprint density at radius 1 is 1.00 bits per heavy atom. The Bertz CT molecular complexity index is 538. The molecular weight excluding hydrogens is 310 g/mol. The van der Waals surface area contributed by atoms with Crippen LogP contribution in [0.1, 0.15) is 41.5 Å². The summed E-state index contributed by atoms with van der Waals surface area (Å²) < 4.78 is 16.2. The van der Waals surface area contributed by atoms with Gasteiger partial charge in [-0.15, -0.1) is 0 Å². The molecule has 0 radical (unpaired) electrons. The maximum Gasteiger partial charge on any atom is 0.408 e. The number of ether oxygens (including phenoxy) is 3. The Morgan fingerprint density at radius 2 is 1.58 bits per heavy atom. The number of hydrogen-bond donors (Lipinski definition) is 1. The van der Waals surface area contributed by atoms with Crippen LogP contribution in [-0.4, -0.2) is 35.9 Å². The van der Waals surface area contributed by atoms with Crippen molar-refractivity contribution in [3.8, 4) is 5.75 Å². The Balaban J connectivity index is 2.46. The Labute approximate surface area is 143 Å². The molecule has 1 N–H and O–H groups in total. The minimum atomic E-state index is -0.814. The van der Waals surface area contributed by atoms with Crippen molar-refractivity contribution in [3.05, 3.63) is 30.3 Å². The van der Waals surface area contributed by atoms with Gasteiger partial charge in [-0.25, -0.2) is 9.59 Å². The van der Waals surface area contributed by atoms with Crippen LogP contribution < -0.4 is 10.1 Å². The number of benzene rings is 1. The molecule has 0 fully saturated rings. The summed E-state index contributed by atoms with van der Waals surface area (Å²) in [5.74, 6) is 0.157. The van der Waals surface area contributed by atoms with Crippen LogP contribution >= 0.6 is 0 Å². The summed E-state index contributed by atoms with van der Waals surface area (Å²) in [5, 5.41) is 2.45. The third-order valence-corrected chi connectivity index (χ3v) is 3.12. The van der Waals surface area contributed by atoms with Crippen LogP contribution in [0, 0.1) is 0 Å². The van der Waals surface area contributed by atoms with E-state index in [2.05, 4.69) is 5.32 Å². The van der Waals surface area contributed by atoms with Crippen LogP contribution in [0.2, 0.25) is 0 Å². The summed E-state index contributed by atoms with van der Waals surface area (Å²) in [5.41, 5.74) is -0.626. The Morgan fingerprint density at radius 3 is 2.12 bits per heavy atom. The third-order valence-electron chi connectivity index (χ3n) is 3.12. The van der Waals surface area contributed by atoms with Crippen LogP contribution in [0.5, 0.6) is 5.75 Å². The van der Waals surface area contributed by atoms with Crippen molar-refractivity contribution >= 4 is 12.1 Å². The van der Waals surface area contributed by atoms with Gasteiger partial charge in [0.2, 0.25) is 0 Å². The molecule has 0 heterocycles. The highest BCUT2D eigenvalue weighted by Gasteiger charge is 2.25. The lowest BCUT2D eigenvalue weighted by atomic mass is 10.2. The average molecular weight is 337 g/mol. The van der Waals surface area contributed by atoms with E-state index in [4.69, 9.17) is 14.2 Å². The fraction of sp³-hybridized carbons (Fsp3) is 0.556. The number of esters is 1. The zero-order valence-electron chi connectivity index (χ0n) is 15.2. The van der Waals surface area contributed by atoms with Crippen molar-refractivity contribution in [2.24, 2.45) is 0 Å². The van der Waals surface area contributed by atoms with E-state index in [-0.39, 0.29) is 6.10 Å². The van der Waals surface area contributed by atoms with E-state index >= 15 is 0 Å². The van der Waals surface area contributed by atoms with Gasteiger partial charge in [-0.3, -0.25) is 0 Å². The van der Waals surface area contributed by atoms with Gasteiger partial charge in [0.15, 0.2) is 0 Å². The molecule has 3 atom stereocenters. The molecule has 1 amide bonds. The zero-order chi connectivity index (χ0) is 18.3. The minimum absolute atomic E-state index is 0.329. The lowest BCUT2D eigenvalue weighted by Crippen LogP contribution is -2.44. The molecule has 0 aromatic heterocycles. The first kappa shape index (κ1) is 19.8. The molecule has 1 aromatic rings. The molecule has 0 saturated heterocycles. The summed E-state index contributed by atoms with van der Waals surface area (Å²) >= 11 is 0. The highest BCUT2D eigenvalue weighted by atomic mass is 16.6. The fourth-order valence-electron chi connectivity index (χ4n) is 1.73. The number of carbonyl (C=O) groups excluding carboxylic acids is 2. The van der Waals surface area contributed by atoms with Gasteiger partial charge in [0.05, 0.1) is 0 Å². The van der Waals surface area contributed by atoms with Crippen molar-refractivity contribution in [2.45, 2.75) is 65.4 Å². The molecule has 0 bridgehead atoms. The summed E-state index contributed by atoms with van der Waals surface area (Å²) in [4.78, 5) is 23.7. The lowest BCUT2D eigenvalue weighted by Gasteiger charge is -2.24. The average Bonchev–Trinajstić information content (AvgIpc) is 2.45. The lowest BCUT2D eigenvalue weighted by molar-refractivity contribution is -0.154. The fourth-order valence-corrected chi connectivity index (χ4v) is 1.73. The van der Waals surface area contributed by atoms with Crippen LogP contribution in [-0.2, 0) is 14.3 Å². The van der Waals surface area contributed by atoms with E-state index in [1.165, 1.54) is 0 Å². The topological polar surface area (TPSA) is 73.9 Å². The van der Waals surface area contributed by atoms with Crippen LogP contribution in [0.15, 0.2) is 30.3 Å². The normalized spacial score (nSPS) is 14.9. The van der Waals surface area contributed by atoms with Gasteiger partial charge in [0.25, 0.3) is 0 Å². The van der Waals surface area contributed by atoms with Gasteiger partial charge in [-0.2, -0.15) is 0 Å². The minimum Gasteiger partial charge on any atom is -0.487 e. The highest BCUT2D eigenvalue weighted by molar-refractivity contribution is 5.81. The molecule has 0 saturated carbocycles. The molecule has 0 aliphatic rings. The summed E-state index contributed by atoms with van der Waals surface area (Å²) in [6.07, 6.45) is -1.46. The molecule has 0 unspecified atom stereocenters. The first-order valence-corrected chi connectivity index (χ1v) is 8.00. The van der Waals surface area contributed by atoms with Crippen molar-refractivity contribution in [1.29, 1.82) is 0 Å². The van der Waals surface area contributed by atoms with E-state index in [9.17, 15) is 9.59 Å². The van der Waals surface area contributed by atoms with Crippen molar-refractivity contribution in [3.63, 3.8) is 0 Å². The molecule has 1 aromatic carbocycles. The van der Waals surface area contributed by atoms with Gasteiger partial charge >= 0.3 is 12.1 Å². The number of amides is 1. The summed E-state index contributed by atoms with van der Waals surface area (Å²) in [6.45, 7) is 10.4. The quantitative estimate of drug-likeness (QED) is 0.806. The van der Waals surface area contributed by atoms with Crippen molar-refractivity contribution in [1.82, 2.24) is 5.32 Å². The van der Waals surface area contributed by atoms with Crippen molar-refractivity contribution in [2.75, 3.05) is 0 Å². The number of hydrogen-bond acceptors (Lipinski definition) is 5. The number of rotatable bonds is 6. The first-order chi connectivity index (χ1) is 11.1. The monoisotopic (exact) mass is 337 g/mol. The Kier molecular flexibility index (Phi) is 7.07. The van der Waals surface area contributed by atoms with Gasteiger partial charge in [0, 0.05) is 0 Å². The van der Waals surface area contributed by atoms with Gasteiger partial charge in [-0.1, -0.05) is 18.2 Å². The third kappa shape index (κ3) is 7.35. The molecule has 6 nitrogen and oxygen atoms in total. The molecule has 0 aliphatic heterocycles. The van der Waals surface area contributed by atoms with Gasteiger partial charge in [-0.05, 0) is 53.7 Å². The van der Waals surface area contributed by atoms with E-state index in [0.29, 0.717) is 5.75 Å². The van der Waals surface area contributed by atoms with E-state index in [0.717, 1.165) is 0 Å². The van der Waals surface area contributed by atoms with Crippen LogP contribution in [0.25, 0.3) is 0 Å². The number of nitrogens with one attached hydrogen (secondary N) is 1. The SMILES string of the molecule is C[C@H](NC(=O)OC(C)(C)C)C(=O)O[C@H](C)[C@H](C)Oc1ccccc1. The van der Waals surface area contributed by atoms with E-state index < -0.39 is 29.8 Å². The molecule has 24 heavy (non-hydrogen) atoms. The van der Waals surface area contributed by atoms with E-state index in [1.807, 2.05) is 37.3 Å². The predicted molar refractivity (Wildman–Crippen MR) is 90.9 cm³/mol. The smallest absolute Gasteiger partial charge is 0.408 e. The number of carbonyl (C=O) groups is 2. The second-order valence-electron chi connectivity index (χ2n) is 6.65. The highest BCUT2D eigenvalue weighted by Crippen LogP contribution is 2.14. The summed E-state index contributed by atoms with van der Waals surface area (Å²) in [6, 6.07) is 8.48. The standard InChI is InChI=1S/C18H27NO5/c1-12(19-17(21)24-18(4,5)6)16(20)23-14(3)13(2)22-15-10-8-7-9-11-15/h7-14H,1-6H3,(H,19,21)/t12-,13-,14+/m0/s1. The molecule has 6 heteroatoms. The van der Waals surface area contributed by atoms with E-state index in [1.54, 1.807) is 34.6 Å². The van der Waals surface area contributed by atoms with Crippen LogP contribution in [0.3, 0.4) is 0 Å². The molecule has 0 spiro atoms. The molecule has 0 aliphatic carbocycles. The van der Waals surface area contributed by atoms with Crippen molar-refractivity contribution < 1.29 is 23.8 Å².